The molecule has 242 valence electrons. The number of nitrogens with one attached hydrogen (secondary N) is 2. The molecule has 0 unspecified atom stereocenters. The van der Waals surface area contributed by atoms with Gasteiger partial charge in [-0.2, -0.15) is 0 Å². The van der Waals surface area contributed by atoms with Gasteiger partial charge in [-0.05, 0) is 69.5 Å². The van der Waals surface area contributed by atoms with Gasteiger partial charge in [0.25, 0.3) is 0 Å². The number of carbonyl (C=O) groups is 3. The molecule has 10 nitrogen and oxygen atoms in total. The number of hydrogen-bond acceptors (Lipinski definition) is 7. The highest BCUT2D eigenvalue weighted by molar-refractivity contribution is 5.68. The molecule has 0 spiro atoms. The van der Waals surface area contributed by atoms with Crippen LogP contribution in [0.1, 0.15) is 59.7 Å². The lowest BCUT2D eigenvalue weighted by molar-refractivity contribution is 0.0600. The lowest BCUT2D eigenvalue weighted by atomic mass is 10.1. The summed E-state index contributed by atoms with van der Waals surface area (Å²) in [7, 11) is 0. The van der Waals surface area contributed by atoms with Crippen molar-refractivity contribution >= 4 is 18.3 Å². The van der Waals surface area contributed by atoms with Crippen molar-refractivity contribution in [1.82, 2.24) is 10.6 Å². The average molecular weight is 628 g/mol. The molecule has 46 heavy (non-hydrogen) atoms. The van der Waals surface area contributed by atoms with Crippen molar-refractivity contribution in [3.63, 3.8) is 0 Å². The third-order valence-electron chi connectivity index (χ3n) is 5.71. The van der Waals surface area contributed by atoms with E-state index in [9.17, 15) is 19.5 Å². The first-order valence-electron chi connectivity index (χ1n) is 14.5. The Labute approximate surface area is 270 Å². The predicted molar refractivity (Wildman–Crippen MR) is 175 cm³/mol. The third kappa shape index (κ3) is 16.4. The van der Waals surface area contributed by atoms with Crippen LogP contribution in [0, 0.1) is 37.5 Å². The molecule has 0 heterocycles. The summed E-state index contributed by atoms with van der Waals surface area (Å²) in [6, 6.07) is 20.9. The van der Waals surface area contributed by atoms with Gasteiger partial charge < -0.3 is 35.7 Å². The van der Waals surface area contributed by atoms with E-state index in [1.54, 1.807) is 39.0 Å². The molecule has 5 N–H and O–H groups in total. The summed E-state index contributed by atoms with van der Waals surface area (Å²) in [6.07, 6.45) is -1.84. The zero-order chi connectivity index (χ0) is 34.0. The molecule has 0 radical (unpaired) electrons. The van der Waals surface area contributed by atoms with E-state index >= 15 is 0 Å². The number of alkyl carbamates (subject to hydrolysis) is 2. The molecule has 0 bridgehead atoms. The molecule has 0 aromatic heterocycles. The Morgan fingerprint density at radius 3 is 1.46 bits per heavy atom. The van der Waals surface area contributed by atoms with Crippen LogP contribution in [0.15, 0.2) is 66.7 Å². The highest BCUT2D eigenvalue weighted by Crippen LogP contribution is 2.10. The van der Waals surface area contributed by atoms with Gasteiger partial charge in [0.15, 0.2) is 13.2 Å². The zero-order valence-corrected chi connectivity index (χ0v) is 26.9. The van der Waals surface area contributed by atoms with E-state index in [0.717, 1.165) is 22.3 Å². The molecule has 0 saturated carbocycles. The van der Waals surface area contributed by atoms with Gasteiger partial charge in [0.1, 0.15) is 5.60 Å². The van der Waals surface area contributed by atoms with Crippen molar-refractivity contribution in [2.24, 2.45) is 5.73 Å². The number of nitrogens with two attached hydrogens (primary N) is 1. The van der Waals surface area contributed by atoms with Gasteiger partial charge in [-0.25, -0.2) is 14.4 Å². The normalized spacial score (nSPS) is 9.96. The van der Waals surface area contributed by atoms with E-state index in [1.165, 1.54) is 0 Å². The molecular weight excluding hydrogens is 586 g/mol. The van der Waals surface area contributed by atoms with Crippen molar-refractivity contribution in [3.05, 3.63) is 106 Å². The second-order valence-corrected chi connectivity index (χ2v) is 11.0. The minimum absolute atomic E-state index is 0.0877. The van der Waals surface area contributed by atoms with E-state index in [-0.39, 0.29) is 19.8 Å². The molecule has 0 atom stereocenters. The highest BCUT2D eigenvalue weighted by Gasteiger charge is 2.12. The van der Waals surface area contributed by atoms with Gasteiger partial charge in [0.2, 0.25) is 0 Å². The Morgan fingerprint density at radius 2 is 1.13 bits per heavy atom. The van der Waals surface area contributed by atoms with Crippen molar-refractivity contribution in [3.8, 4) is 23.7 Å². The number of amides is 3. The largest absolute Gasteiger partial charge is 0.444 e. The Bertz CT molecular complexity index is 1470. The van der Waals surface area contributed by atoms with Crippen LogP contribution >= 0.6 is 0 Å². The van der Waals surface area contributed by atoms with Crippen LogP contribution < -0.4 is 16.4 Å². The third-order valence-corrected chi connectivity index (χ3v) is 5.71. The summed E-state index contributed by atoms with van der Waals surface area (Å²) >= 11 is 0. The minimum atomic E-state index is -0.725. The number of hydrogen-bond donors (Lipinski definition) is 4. The van der Waals surface area contributed by atoms with Crippen LogP contribution in [0.25, 0.3) is 0 Å². The molecule has 0 aliphatic rings. The van der Waals surface area contributed by atoms with Gasteiger partial charge in [-0.15, -0.1) is 0 Å². The summed E-state index contributed by atoms with van der Waals surface area (Å²) in [4.78, 5) is 33.8. The van der Waals surface area contributed by atoms with E-state index < -0.39 is 23.9 Å². The van der Waals surface area contributed by atoms with Gasteiger partial charge >= 0.3 is 18.3 Å². The number of benzene rings is 3. The van der Waals surface area contributed by atoms with Crippen LogP contribution in [0.4, 0.5) is 14.4 Å². The summed E-state index contributed by atoms with van der Waals surface area (Å²) < 4.78 is 14.8. The zero-order valence-electron chi connectivity index (χ0n) is 26.9. The number of aliphatic hydroxyl groups excluding tert-OH is 1. The fourth-order valence-electron chi connectivity index (χ4n) is 3.57. The number of rotatable bonds is 7. The fraction of sp³-hybridized carbons (Fsp3) is 0.306. The highest BCUT2D eigenvalue weighted by atomic mass is 16.6. The predicted octanol–water partition coefficient (Wildman–Crippen LogP) is 5.23. The van der Waals surface area contributed by atoms with Crippen LogP contribution in [-0.4, -0.2) is 42.2 Å². The van der Waals surface area contributed by atoms with Crippen molar-refractivity contribution in [1.29, 1.82) is 0 Å². The first kappa shape index (κ1) is 36.7. The van der Waals surface area contributed by atoms with Crippen molar-refractivity contribution < 1.29 is 33.7 Å². The summed E-state index contributed by atoms with van der Waals surface area (Å²) in [5, 5.41) is 14.9. The molecular formula is C36H41N3O7. The Hall–Kier alpha value is -5.45. The van der Waals surface area contributed by atoms with Crippen LogP contribution in [0.3, 0.4) is 0 Å². The first-order valence-corrected chi connectivity index (χ1v) is 14.5. The maximum atomic E-state index is 11.9. The average Bonchev–Trinajstić information content (AvgIpc) is 3.00. The summed E-state index contributed by atoms with van der Waals surface area (Å²) in [6.45, 7) is 9.66. The van der Waals surface area contributed by atoms with Crippen molar-refractivity contribution in [2.75, 3.05) is 13.2 Å². The molecule has 3 aromatic rings. The van der Waals surface area contributed by atoms with E-state index in [2.05, 4.69) is 39.1 Å². The molecule has 3 amide bonds. The van der Waals surface area contributed by atoms with E-state index in [4.69, 9.17) is 15.2 Å². The molecule has 3 aromatic carbocycles. The van der Waals surface area contributed by atoms with Crippen LogP contribution in [-0.2, 0) is 33.9 Å². The lowest BCUT2D eigenvalue weighted by Crippen LogP contribution is -2.27. The Balaban J connectivity index is 0.000000812. The molecule has 10 heteroatoms. The van der Waals surface area contributed by atoms with Crippen LogP contribution in [0.5, 0.6) is 0 Å². The minimum Gasteiger partial charge on any atom is -0.444 e. The quantitative estimate of drug-likeness (QED) is 0.207. The Kier molecular flexibility index (Phi) is 15.2. The molecule has 0 fully saturated rings. The summed E-state index contributed by atoms with van der Waals surface area (Å²) in [5.74, 6) is 11.4. The van der Waals surface area contributed by atoms with Crippen molar-refractivity contribution in [2.45, 2.75) is 59.9 Å². The van der Waals surface area contributed by atoms with Gasteiger partial charge in [-0.3, -0.25) is 0 Å². The first-order chi connectivity index (χ1) is 21.8. The smallest absolute Gasteiger partial charge is 0.408 e. The molecule has 0 saturated heterocycles. The number of aryl methyl sites for hydroxylation is 2. The van der Waals surface area contributed by atoms with Gasteiger partial charge in [0.05, 0.1) is 6.61 Å². The van der Waals surface area contributed by atoms with E-state index in [1.807, 2.05) is 62.4 Å². The number of ether oxygens (including phenoxy) is 3. The van der Waals surface area contributed by atoms with E-state index in [0.29, 0.717) is 29.8 Å². The number of aliphatic hydroxyl groups is 1. The maximum absolute atomic E-state index is 11.9. The number of primary amides is 1. The maximum Gasteiger partial charge on any atom is 0.408 e. The molecule has 0 aliphatic heterocycles. The second kappa shape index (κ2) is 19.0. The number of carbonyl (C=O) groups excluding carboxylic acids is 3. The summed E-state index contributed by atoms with van der Waals surface area (Å²) in [5.41, 5.74) is 10.4. The topological polar surface area (TPSA) is 149 Å². The molecule has 3 rings (SSSR count). The monoisotopic (exact) mass is 627 g/mol. The molecule has 0 aliphatic carbocycles. The van der Waals surface area contributed by atoms with Gasteiger partial charge in [-0.1, -0.05) is 83.3 Å². The standard InChI is InChI=1S/C31H30N2O5.C5H11NO2/c1-23-7-11-25(12-8-23)20-32-30(35)37-15-3-5-27-17-28(19-29(18-27)22-34)6-4-16-38-31(36)33-21-26-13-9-24(2)10-14-26;1-5(2,3)8-4(6)7/h7-14,17-19,34H,15-16,20-22H2,1-2H3,(H,32,35)(H,33,36);1-3H3,(H2,6,7). The SMILES string of the molecule is CC(C)(C)OC(N)=O.Cc1ccc(CNC(=O)OCC#Cc2cc(C#CCOC(=O)NCc3ccc(C)cc3)cc(CO)c2)cc1. The Morgan fingerprint density at radius 1 is 0.717 bits per heavy atom. The van der Waals surface area contributed by atoms with Gasteiger partial charge in [0, 0.05) is 24.2 Å². The fourth-order valence-corrected chi connectivity index (χ4v) is 3.57. The lowest BCUT2D eigenvalue weighted by Gasteiger charge is -2.16. The van der Waals surface area contributed by atoms with Crippen LogP contribution in [0.2, 0.25) is 0 Å². The second-order valence-electron chi connectivity index (χ2n) is 11.0.